The summed E-state index contributed by atoms with van der Waals surface area (Å²) in [6, 6.07) is 19.2. The first kappa shape index (κ1) is 49.9. The highest BCUT2D eigenvalue weighted by atomic mass is 19.1. The van der Waals surface area contributed by atoms with E-state index in [1.165, 1.54) is 11.1 Å². The molecule has 350 valence electrons. The third-order valence-electron chi connectivity index (χ3n) is 11.2. The van der Waals surface area contributed by atoms with E-state index in [2.05, 4.69) is 46.5 Å². The number of ether oxygens (including phenoxy) is 3. The van der Waals surface area contributed by atoms with Crippen molar-refractivity contribution in [1.29, 1.82) is 0 Å². The molecule has 3 heterocycles. The predicted octanol–water partition coefficient (Wildman–Crippen LogP) is 4.97. The monoisotopic (exact) mass is 888 g/mol. The summed E-state index contributed by atoms with van der Waals surface area (Å²) in [4.78, 5) is 54.9. The standard InChI is InChI=1S/C48H70FN9O6/c1-9-25-58(53-47(61)50-29-36-15-13-12-14-16-36)33-43(59)52-42(28-35-17-20-40(21-18-35)64-48(4,5)6)46(60)57(34-44(62-10-2)63-11-3)30-37-19-22-41(49)45(51-37)56-31-39(32-56)55-26-23-38(24-27-55)54(7)8/h9,12-22,38-39,42,44H,1,10-11,23-34H2,2-8H3,(H,52,59)(H2,50,53,61)/t42-/m0/s1. The van der Waals surface area contributed by atoms with Crippen LogP contribution in [0.2, 0.25) is 0 Å². The summed E-state index contributed by atoms with van der Waals surface area (Å²) in [5, 5.41) is 7.17. The topological polar surface area (TPSA) is 144 Å². The molecule has 2 aromatic carbocycles. The van der Waals surface area contributed by atoms with Crippen molar-refractivity contribution < 1.29 is 33.0 Å². The molecule has 0 saturated carbocycles. The van der Waals surface area contributed by atoms with Crippen molar-refractivity contribution in [3.8, 4) is 5.75 Å². The third-order valence-corrected chi connectivity index (χ3v) is 11.2. The number of rotatable bonds is 23. The van der Waals surface area contributed by atoms with E-state index in [0.717, 1.165) is 37.1 Å². The molecule has 0 radical (unpaired) electrons. The minimum Gasteiger partial charge on any atom is -0.488 e. The molecular weight excluding hydrogens is 818 g/mol. The van der Waals surface area contributed by atoms with Crippen molar-refractivity contribution in [1.82, 2.24) is 40.8 Å². The Labute approximate surface area is 379 Å². The van der Waals surface area contributed by atoms with Crippen molar-refractivity contribution in [3.63, 3.8) is 0 Å². The van der Waals surface area contributed by atoms with Gasteiger partial charge in [0.05, 0.1) is 25.3 Å². The second kappa shape index (κ2) is 24.2. The SMILES string of the molecule is C=CCN(CC(=O)N[C@@H](Cc1ccc(OC(C)(C)C)cc1)C(=O)N(Cc1ccc(F)c(N2CC(N3CCC(N(C)C)CC3)C2)n1)CC(OCC)OCC)NC(=O)NCc1ccccc1. The summed E-state index contributed by atoms with van der Waals surface area (Å²) >= 11 is 0. The molecule has 2 aliphatic heterocycles. The molecule has 0 unspecified atom stereocenters. The first-order valence-electron chi connectivity index (χ1n) is 22.5. The number of anilines is 1. The number of hydrazine groups is 1. The molecule has 5 rings (SSSR count). The third kappa shape index (κ3) is 15.5. The van der Waals surface area contributed by atoms with Crippen LogP contribution in [-0.4, -0.2) is 146 Å². The summed E-state index contributed by atoms with van der Waals surface area (Å²) in [5.74, 6) is -0.445. The van der Waals surface area contributed by atoms with Crippen molar-refractivity contribution in [2.24, 2.45) is 0 Å². The van der Waals surface area contributed by atoms with Crippen LogP contribution in [0.3, 0.4) is 0 Å². The lowest BCUT2D eigenvalue weighted by molar-refractivity contribution is -0.161. The Morgan fingerprint density at radius 3 is 2.23 bits per heavy atom. The number of piperidine rings is 1. The van der Waals surface area contributed by atoms with E-state index in [1.807, 2.05) is 94.1 Å². The Hall–Kier alpha value is -5.13. The zero-order chi connectivity index (χ0) is 46.2. The van der Waals surface area contributed by atoms with E-state index in [4.69, 9.17) is 19.2 Å². The molecule has 0 aliphatic carbocycles. The molecule has 0 spiro atoms. The minimum absolute atomic E-state index is 0.00542. The lowest BCUT2D eigenvalue weighted by atomic mass is 9.99. The summed E-state index contributed by atoms with van der Waals surface area (Å²) in [7, 11) is 4.26. The highest BCUT2D eigenvalue weighted by Gasteiger charge is 2.37. The molecular formula is C48H70FN9O6. The number of carbonyl (C=O) groups is 3. The maximum atomic E-state index is 15.5. The van der Waals surface area contributed by atoms with Crippen LogP contribution in [0.5, 0.6) is 5.75 Å². The number of hydrogen-bond acceptors (Lipinski definition) is 11. The van der Waals surface area contributed by atoms with Crippen LogP contribution in [-0.2, 0) is 38.6 Å². The number of likely N-dealkylation sites (tertiary alicyclic amines) is 1. The maximum Gasteiger partial charge on any atom is 0.329 e. The van der Waals surface area contributed by atoms with Crippen LogP contribution < -0.4 is 25.7 Å². The molecule has 2 saturated heterocycles. The second-order valence-corrected chi connectivity index (χ2v) is 17.6. The summed E-state index contributed by atoms with van der Waals surface area (Å²) < 4.78 is 33.4. The lowest BCUT2D eigenvalue weighted by Gasteiger charge is -2.48. The molecule has 3 aromatic rings. The number of nitrogens with one attached hydrogen (secondary N) is 3. The largest absolute Gasteiger partial charge is 0.488 e. The van der Waals surface area contributed by atoms with Crippen LogP contribution >= 0.6 is 0 Å². The average Bonchev–Trinajstić information content (AvgIpc) is 3.23. The Morgan fingerprint density at radius 2 is 1.62 bits per heavy atom. The fourth-order valence-electron chi connectivity index (χ4n) is 7.92. The summed E-state index contributed by atoms with van der Waals surface area (Å²) in [6.45, 7) is 17.6. The van der Waals surface area contributed by atoms with E-state index in [0.29, 0.717) is 49.8 Å². The van der Waals surface area contributed by atoms with E-state index < -0.39 is 41.6 Å². The van der Waals surface area contributed by atoms with E-state index in [9.17, 15) is 14.4 Å². The number of aromatic nitrogens is 1. The van der Waals surface area contributed by atoms with Gasteiger partial charge in [0.25, 0.3) is 0 Å². The van der Waals surface area contributed by atoms with Gasteiger partial charge in [0.15, 0.2) is 17.9 Å². The van der Waals surface area contributed by atoms with Crippen LogP contribution in [0.15, 0.2) is 79.4 Å². The quantitative estimate of drug-likeness (QED) is 0.0675. The molecule has 64 heavy (non-hydrogen) atoms. The van der Waals surface area contributed by atoms with Gasteiger partial charge < -0.3 is 39.5 Å². The Balaban J connectivity index is 1.36. The van der Waals surface area contributed by atoms with E-state index >= 15 is 4.39 Å². The van der Waals surface area contributed by atoms with Gasteiger partial charge in [-0.3, -0.25) is 19.9 Å². The van der Waals surface area contributed by atoms with Crippen LogP contribution in [0.25, 0.3) is 0 Å². The lowest BCUT2D eigenvalue weighted by Crippen LogP contribution is -2.62. The molecule has 4 amide bonds. The van der Waals surface area contributed by atoms with Crippen molar-refractivity contribution in [2.45, 2.75) is 97.0 Å². The Bertz CT molecular complexity index is 1930. The number of benzene rings is 2. The van der Waals surface area contributed by atoms with E-state index in [1.54, 1.807) is 17.0 Å². The average molecular weight is 888 g/mol. The van der Waals surface area contributed by atoms with Gasteiger partial charge in [-0.1, -0.05) is 48.5 Å². The van der Waals surface area contributed by atoms with Gasteiger partial charge in [-0.25, -0.2) is 19.2 Å². The first-order chi connectivity index (χ1) is 30.6. The number of halogens is 1. The molecule has 0 bridgehead atoms. The first-order valence-corrected chi connectivity index (χ1v) is 22.5. The summed E-state index contributed by atoms with van der Waals surface area (Å²) in [5.41, 5.74) is 4.47. The molecule has 2 fully saturated rings. The fraction of sp³-hybridized carbons (Fsp3) is 0.542. The van der Waals surface area contributed by atoms with Gasteiger partial charge in [0.1, 0.15) is 17.4 Å². The van der Waals surface area contributed by atoms with Crippen molar-refractivity contribution in [2.75, 3.05) is 78.0 Å². The zero-order valence-corrected chi connectivity index (χ0v) is 38.9. The highest BCUT2D eigenvalue weighted by molar-refractivity contribution is 5.89. The zero-order valence-electron chi connectivity index (χ0n) is 38.9. The molecule has 16 heteroatoms. The van der Waals surface area contributed by atoms with E-state index in [-0.39, 0.29) is 45.0 Å². The summed E-state index contributed by atoms with van der Waals surface area (Å²) in [6.07, 6.45) is 3.12. The number of carbonyl (C=O) groups excluding carboxylic acids is 3. The van der Waals surface area contributed by atoms with Crippen LogP contribution in [0.1, 0.15) is 64.3 Å². The van der Waals surface area contributed by atoms with Gasteiger partial charge in [0.2, 0.25) is 11.8 Å². The number of hydrogen-bond donors (Lipinski definition) is 3. The number of nitrogens with zero attached hydrogens (tertiary/aromatic N) is 6. The van der Waals surface area contributed by atoms with Gasteiger partial charge in [-0.05, 0) is 96.9 Å². The molecule has 1 aromatic heterocycles. The van der Waals surface area contributed by atoms with Gasteiger partial charge in [-0.15, -0.1) is 6.58 Å². The Morgan fingerprint density at radius 1 is 0.953 bits per heavy atom. The van der Waals surface area contributed by atoms with Gasteiger partial charge in [-0.2, -0.15) is 0 Å². The van der Waals surface area contributed by atoms with Gasteiger partial charge in [0, 0.05) is 71.0 Å². The highest BCUT2D eigenvalue weighted by Crippen LogP contribution is 2.28. The van der Waals surface area contributed by atoms with Crippen LogP contribution in [0, 0.1) is 5.82 Å². The van der Waals surface area contributed by atoms with Crippen molar-refractivity contribution in [3.05, 3.63) is 102 Å². The normalized spacial score (nSPS) is 15.5. The Kier molecular flexibility index (Phi) is 18.9. The second-order valence-electron chi connectivity index (χ2n) is 17.6. The maximum absolute atomic E-state index is 15.5. The number of amides is 4. The molecule has 1 atom stereocenters. The van der Waals surface area contributed by atoms with Crippen molar-refractivity contribution >= 4 is 23.7 Å². The van der Waals surface area contributed by atoms with Gasteiger partial charge >= 0.3 is 6.03 Å². The molecule has 3 N–H and O–H groups in total. The smallest absolute Gasteiger partial charge is 0.329 e. The molecule has 15 nitrogen and oxygen atoms in total. The minimum atomic E-state index is -1.07. The number of pyridine rings is 1. The number of urea groups is 1. The van der Waals surface area contributed by atoms with Crippen LogP contribution in [0.4, 0.5) is 15.0 Å². The fourth-order valence-corrected chi connectivity index (χ4v) is 7.92. The predicted molar refractivity (Wildman–Crippen MR) is 247 cm³/mol. The molecule has 2 aliphatic rings.